The summed E-state index contributed by atoms with van der Waals surface area (Å²) in [6.45, 7) is 4.97. The monoisotopic (exact) mass is 267 g/mol. The van der Waals surface area contributed by atoms with Crippen molar-refractivity contribution in [1.82, 2.24) is 19.7 Å². The van der Waals surface area contributed by atoms with Crippen molar-refractivity contribution < 1.29 is 0 Å². The summed E-state index contributed by atoms with van der Waals surface area (Å²) in [5.41, 5.74) is 2.05. The Hall–Kier alpha value is -2.43. The number of rotatable bonds is 4. The maximum atomic E-state index is 4.58. The van der Waals surface area contributed by atoms with Crippen molar-refractivity contribution >= 4 is 16.9 Å². The molecule has 0 amide bonds. The van der Waals surface area contributed by atoms with Crippen LogP contribution in [0.2, 0.25) is 0 Å². The number of fused-ring (bicyclic) bond motifs is 1. The lowest BCUT2D eigenvalue weighted by atomic mass is 10.2. The molecule has 102 valence electrons. The van der Waals surface area contributed by atoms with E-state index in [9.17, 15) is 0 Å². The molecule has 0 bridgehead atoms. The zero-order valence-corrected chi connectivity index (χ0v) is 11.7. The Morgan fingerprint density at radius 3 is 2.90 bits per heavy atom. The topological polar surface area (TPSA) is 55.6 Å². The van der Waals surface area contributed by atoms with E-state index >= 15 is 0 Å². The molecule has 1 aromatic carbocycles. The average molecular weight is 267 g/mol. The first-order chi connectivity index (χ1) is 9.79. The number of benzene rings is 1. The molecule has 3 aromatic rings. The van der Waals surface area contributed by atoms with Crippen LogP contribution in [0.4, 0.5) is 5.95 Å². The molecule has 0 radical (unpaired) electrons. The first-order valence-corrected chi connectivity index (χ1v) is 6.80. The van der Waals surface area contributed by atoms with Gasteiger partial charge >= 0.3 is 0 Å². The molecule has 0 spiro atoms. The van der Waals surface area contributed by atoms with Gasteiger partial charge in [0.15, 0.2) is 5.82 Å². The third kappa shape index (κ3) is 2.22. The van der Waals surface area contributed by atoms with Gasteiger partial charge < -0.3 is 5.32 Å². The molecule has 1 N–H and O–H groups in total. The summed E-state index contributed by atoms with van der Waals surface area (Å²) in [5, 5.41) is 8.76. The van der Waals surface area contributed by atoms with Gasteiger partial charge in [0.25, 0.3) is 0 Å². The Balaban J connectivity index is 2.08. The Bertz CT molecular complexity index is 732. The van der Waals surface area contributed by atoms with Crippen LogP contribution in [0.15, 0.2) is 36.7 Å². The van der Waals surface area contributed by atoms with Crippen LogP contribution in [0.25, 0.3) is 16.7 Å². The molecule has 2 aromatic heterocycles. The molecule has 5 nitrogen and oxygen atoms in total. The van der Waals surface area contributed by atoms with E-state index in [1.165, 1.54) is 0 Å². The highest BCUT2D eigenvalue weighted by molar-refractivity contribution is 5.80. The predicted octanol–water partition coefficient (Wildman–Crippen LogP) is 2.95. The van der Waals surface area contributed by atoms with E-state index in [0.717, 1.165) is 35.2 Å². The molecule has 0 aliphatic rings. The summed E-state index contributed by atoms with van der Waals surface area (Å²) in [6, 6.07) is 8.11. The van der Waals surface area contributed by atoms with Crippen molar-refractivity contribution in [3.63, 3.8) is 0 Å². The van der Waals surface area contributed by atoms with Gasteiger partial charge in [0, 0.05) is 23.7 Å². The molecule has 3 rings (SSSR count). The maximum absolute atomic E-state index is 4.58. The number of aromatic nitrogens is 4. The van der Waals surface area contributed by atoms with E-state index in [4.69, 9.17) is 0 Å². The van der Waals surface area contributed by atoms with E-state index in [-0.39, 0.29) is 0 Å². The molecule has 20 heavy (non-hydrogen) atoms. The first kappa shape index (κ1) is 12.6. The predicted molar refractivity (Wildman–Crippen MR) is 80.2 cm³/mol. The number of aryl methyl sites for hydroxylation is 1. The fraction of sp³-hybridized carbons (Fsp3) is 0.267. The summed E-state index contributed by atoms with van der Waals surface area (Å²) >= 11 is 0. The molecule has 0 saturated heterocycles. The van der Waals surface area contributed by atoms with E-state index in [1.54, 1.807) is 0 Å². The second-order valence-electron chi connectivity index (χ2n) is 4.74. The van der Waals surface area contributed by atoms with Crippen molar-refractivity contribution in [3.8, 4) is 5.82 Å². The van der Waals surface area contributed by atoms with Gasteiger partial charge in [0.05, 0.1) is 11.7 Å². The third-order valence-electron chi connectivity index (χ3n) is 3.16. The second-order valence-corrected chi connectivity index (χ2v) is 4.74. The lowest BCUT2D eigenvalue weighted by Crippen LogP contribution is -2.09. The van der Waals surface area contributed by atoms with Crippen LogP contribution in [0.1, 0.15) is 18.9 Å². The van der Waals surface area contributed by atoms with Crippen LogP contribution in [-0.2, 0) is 0 Å². The van der Waals surface area contributed by atoms with Gasteiger partial charge in [-0.1, -0.05) is 25.1 Å². The van der Waals surface area contributed by atoms with Gasteiger partial charge in [0.2, 0.25) is 5.95 Å². The maximum Gasteiger partial charge on any atom is 0.224 e. The minimum atomic E-state index is 0.645. The normalized spacial score (nSPS) is 10.9. The van der Waals surface area contributed by atoms with Crippen molar-refractivity contribution in [1.29, 1.82) is 0 Å². The Labute approximate surface area is 117 Å². The zero-order chi connectivity index (χ0) is 13.9. The van der Waals surface area contributed by atoms with Crippen molar-refractivity contribution in [2.24, 2.45) is 0 Å². The van der Waals surface area contributed by atoms with Gasteiger partial charge in [-0.2, -0.15) is 10.1 Å². The van der Waals surface area contributed by atoms with E-state index in [2.05, 4.69) is 27.3 Å². The highest BCUT2D eigenvalue weighted by atomic mass is 15.3. The first-order valence-electron chi connectivity index (χ1n) is 6.80. The summed E-state index contributed by atoms with van der Waals surface area (Å²) in [6.07, 6.45) is 4.73. The Morgan fingerprint density at radius 2 is 2.05 bits per heavy atom. The molecular weight excluding hydrogens is 250 g/mol. The van der Waals surface area contributed by atoms with Crippen molar-refractivity contribution in [2.45, 2.75) is 20.3 Å². The Morgan fingerprint density at radius 1 is 1.20 bits per heavy atom. The second kappa shape index (κ2) is 5.28. The lowest BCUT2D eigenvalue weighted by molar-refractivity contribution is 0.849. The van der Waals surface area contributed by atoms with Gasteiger partial charge in [-0.25, -0.2) is 9.67 Å². The van der Waals surface area contributed by atoms with Crippen LogP contribution in [0.5, 0.6) is 0 Å². The summed E-state index contributed by atoms with van der Waals surface area (Å²) < 4.78 is 1.86. The number of hydrogen-bond donors (Lipinski definition) is 1. The molecule has 0 aliphatic heterocycles. The highest BCUT2D eigenvalue weighted by Crippen LogP contribution is 2.19. The molecule has 0 fully saturated rings. The van der Waals surface area contributed by atoms with Crippen molar-refractivity contribution in [2.75, 3.05) is 11.9 Å². The van der Waals surface area contributed by atoms with Gasteiger partial charge in [-0.15, -0.1) is 0 Å². The van der Waals surface area contributed by atoms with E-state index < -0.39 is 0 Å². The standard InChI is InChI=1S/C15H17N5/c1-3-8-16-15-17-9-11(2)14(19-15)20-13-7-5-4-6-12(13)10-18-20/h4-7,9-10H,3,8H2,1-2H3,(H,16,17,19). The lowest BCUT2D eigenvalue weighted by Gasteiger charge is -2.09. The third-order valence-corrected chi connectivity index (χ3v) is 3.16. The fourth-order valence-corrected chi connectivity index (χ4v) is 2.11. The average Bonchev–Trinajstić information content (AvgIpc) is 2.90. The smallest absolute Gasteiger partial charge is 0.224 e. The Kier molecular flexibility index (Phi) is 3.33. The minimum absolute atomic E-state index is 0.645. The van der Waals surface area contributed by atoms with Gasteiger partial charge in [-0.05, 0) is 19.4 Å². The fourth-order valence-electron chi connectivity index (χ4n) is 2.11. The van der Waals surface area contributed by atoms with E-state index in [0.29, 0.717) is 5.95 Å². The number of anilines is 1. The van der Waals surface area contributed by atoms with Crippen LogP contribution in [0.3, 0.4) is 0 Å². The SMILES string of the molecule is CCCNc1ncc(C)c(-n2ncc3ccccc32)n1. The number of nitrogens with one attached hydrogen (secondary N) is 1. The molecule has 0 unspecified atom stereocenters. The molecule has 0 aliphatic carbocycles. The summed E-state index contributed by atoms with van der Waals surface area (Å²) in [7, 11) is 0. The molecule has 5 heteroatoms. The number of hydrogen-bond acceptors (Lipinski definition) is 4. The van der Waals surface area contributed by atoms with Crippen molar-refractivity contribution in [3.05, 3.63) is 42.2 Å². The molecule has 0 atom stereocenters. The quantitative estimate of drug-likeness (QED) is 0.789. The van der Waals surface area contributed by atoms with Gasteiger partial charge in [0.1, 0.15) is 0 Å². The number of para-hydroxylation sites is 1. The minimum Gasteiger partial charge on any atom is -0.354 e. The van der Waals surface area contributed by atoms with Gasteiger partial charge in [-0.3, -0.25) is 0 Å². The molecular formula is C15H17N5. The number of nitrogens with zero attached hydrogens (tertiary/aromatic N) is 4. The molecule has 2 heterocycles. The van der Waals surface area contributed by atoms with E-state index in [1.807, 2.05) is 48.3 Å². The molecule has 0 saturated carbocycles. The zero-order valence-electron chi connectivity index (χ0n) is 11.7. The summed E-state index contributed by atoms with van der Waals surface area (Å²) in [5.74, 6) is 1.46. The van der Waals surface area contributed by atoms with Crippen LogP contribution >= 0.6 is 0 Å². The largest absolute Gasteiger partial charge is 0.354 e. The van der Waals surface area contributed by atoms with Crippen LogP contribution in [-0.4, -0.2) is 26.3 Å². The van der Waals surface area contributed by atoms with Crippen LogP contribution < -0.4 is 5.32 Å². The van der Waals surface area contributed by atoms with Crippen LogP contribution in [0, 0.1) is 6.92 Å². The highest BCUT2D eigenvalue weighted by Gasteiger charge is 2.10. The summed E-state index contributed by atoms with van der Waals surface area (Å²) in [4.78, 5) is 8.88.